The maximum absolute atomic E-state index is 4.90. The summed E-state index contributed by atoms with van der Waals surface area (Å²) in [5.74, 6) is 0. The fourth-order valence-corrected chi connectivity index (χ4v) is 1.68. The summed E-state index contributed by atoms with van der Waals surface area (Å²) in [6.07, 6.45) is 1.78. The van der Waals surface area contributed by atoms with Gasteiger partial charge in [0.05, 0.1) is 10.4 Å². The molecular formula is C6H3IN2OS. The molecule has 0 atom stereocenters. The number of aromatic nitrogens is 2. The minimum Gasteiger partial charge on any atom is -0.350 e. The van der Waals surface area contributed by atoms with Gasteiger partial charge < -0.3 is 4.52 Å². The van der Waals surface area contributed by atoms with Crippen molar-refractivity contribution in [1.29, 1.82) is 0 Å². The van der Waals surface area contributed by atoms with Crippen LogP contribution in [0.15, 0.2) is 22.3 Å². The van der Waals surface area contributed by atoms with Crippen LogP contribution in [0.1, 0.15) is 0 Å². The van der Waals surface area contributed by atoms with Crippen molar-refractivity contribution < 1.29 is 4.52 Å². The summed E-state index contributed by atoms with van der Waals surface area (Å²) in [6, 6.07) is 1.88. The monoisotopic (exact) mass is 278 g/mol. The van der Waals surface area contributed by atoms with E-state index in [1.165, 1.54) is 0 Å². The highest BCUT2D eigenvalue weighted by atomic mass is 127. The van der Waals surface area contributed by atoms with Gasteiger partial charge in [0.25, 0.3) is 0 Å². The predicted octanol–water partition coefficient (Wildman–Crippen LogP) is 2.40. The molecule has 0 aromatic carbocycles. The molecule has 11 heavy (non-hydrogen) atoms. The van der Waals surface area contributed by atoms with Crippen molar-refractivity contribution in [2.75, 3.05) is 0 Å². The third-order valence-electron chi connectivity index (χ3n) is 1.17. The van der Waals surface area contributed by atoms with Crippen LogP contribution in [-0.4, -0.2) is 10.1 Å². The lowest BCUT2D eigenvalue weighted by atomic mass is 10.4. The lowest BCUT2D eigenvalue weighted by Gasteiger charge is -1.80. The molecule has 2 rings (SSSR count). The number of hydrogen-bond donors (Lipinski definition) is 0. The number of hydrogen-bond acceptors (Lipinski definition) is 4. The van der Waals surface area contributed by atoms with E-state index >= 15 is 0 Å². The molecule has 0 amide bonds. The van der Waals surface area contributed by atoms with Crippen molar-refractivity contribution in [2.24, 2.45) is 0 Å². The largest absolute Gasteiger partial charge is 0.350 e. The zero-order chi connectivity index (χ0) is 7.68. The Bertz CT molecular complexity index is 343. The van der Waals surface area contributed by atoms with Crippen molar-refractivity contribution in [1.82, 2.24) is 10.1 Å². The van der Waals surface area contributed by atoms with Gasteiger partial charge in [-0.1, -0.05) is 5.16 Å². The first-order valence-corrected chi connectivity index (χ1v) is 4.83. The summed E-state index contributed by atoms with van der Waals surface area (Å²) in [7, 11) is 0. The fourth-order valence-electron chi connectivity index (χ4n) is 0.711. The summed E-state index contributed by atoms with van der Waals surface area (Å²) < 4.78 is 5.70. The van der Waals surface area contributed by atoms with Gasteiger partial charge in [-0.15, -0.1) is 11.3 Å². The summed E-state index contributed by atoms with van der Waals surface area (Å²) in [4.78, 5) is 4.98. The van der Waals surface area contributed by atoms with E-state index in [1.54, 1.807) is 23.0 Å². The first kappa shape index (κ1) is 7.23. The maximum Gasteiger partial charge on any atom is 0.197 e. The second kappa shape index (κ2) is 2.90. The quantitative estimate of drug-likeness (QED) is 0.752. The normalized spacial score (nSPS) is 10.3. The van der Waals surface area contributed by atoms with Gasteiger partial charge in [-0.05, 0) is 0 Å². The van der Waals surface area contributed by atoms with E-state index in [9.17, 15) is 0 Å². The second-order valence-corrected chi connectivity index (χ2v) is 3.83. The average Bonchev–Trinajstić information content (AvgIpc) is 2.55. The molecule has 0 aliphatic rings. The van der Waals surface area contributed by atoms with Crippen LogP contribution in [0.25, 0.3) is 10.6 Å². The van der Waals surface area contributed by atoms with Gasteiger partial charge in [-0.2, -0.15) is 0 Å². The van der Waals surface area contributed by atoms with E-state index in [2.05, 4.69) is 32.7 Å². The Hall–Kier alpha value is -0.430. The molecule has 2 aromatic rings. The predicted molar refractivity (Wildman–Crippen MR) is 50.3 cm³/mol. The van der Waals surface area contributed by atoms with Gasteiger partial charge in [0, 0.05) is 34.9 Å². The molecule has 0 spiro atoms. The zero-order valence-corrected chi connectivity index (χ0v) is 8.29. The highest BCUT2D eigenvalue weighted by Crippen LogP contribution is 2.22. The number of nitrogens with zero attached hydrogens (tertiary/aromatic N) is 2. The van der Waals surface area contributed by atoms with Gasteiger partial charge in [0.1, 0.15) is 5.69 Å². The maximum atomic E-state index is 4.90. The van der Waals surface area contributed by atoms with Crippen molar-refractivity contribution in [2.45, 2.75) is 0 Å². The standard InChI is InChI=1S/C6H3IN2OS/c7-6-1-4(9-10-6)5-2-8-3-11-5/h1-3H. The van der Waals surface area contributed by atoms with Crippen LogP contribution in [-0.2, 0) is 0 Å². The van der Waals surface area contributed by atoms with Crippen LogP contribution < -0.4 is 0 Å². The number of thiazole rings is 1. The second-order valence-electron chi connectivity index (χ2n) is 1.88. The summed E-state index contributed by atoms with van der Waals surface area (Å²) in [5.41, 5.74) is 2.63. The molecule has 0 unspecified atom stereocenters. The molecule has 0 radical (unpaired) electrons. The van der Waals surface area contributed by atoms with E-state index in [-0.39, 0.29) is 0 Å². The Morgan fingerprint density at radius 2 is 2.45 bits per heavy atom. The SMILES string of the molecule is Ic1cc(-c2cncs2)no1. The first-order chi connectivity index (χ1) is 5.36. The van der Waals surface area contributed by atoms with Crippen molar-refractivity contribution in [3.63, 3.8) is 0 Å². The van der Waals surface area contributed by atoms with Crippen molar-refractivity contribution in [3.8, 4) is 10.6 Å². The average molecular weight is 278 g/mol. The van der Waals surface area contributed by atoms with E-state index in [1.807, 2.05) is 6.07 Å². The van der Waals surface area contributed by atoms with E-state index < -0.39 is 0 Å². The summed E-state index contributed by atoms with van der Waals surface area (Å²) >= 11 is 3.63. The minimum atomic E-state index is 0.797. The van der Waals surface area contributed by atoms with E-state index in [0.29, 0.717) is 0 Å². The molecule has 0 saturated heterocycles. The molecular weight excluding hydrogens is 275 g/mol. The summed E-state index contributed by atoms with van der Waals surface area (Å²) in [6.45, 7) is 0. The lowest BCUT2D eigenvalue weighted by molar-refractivity contribution is 0.400. The Labute approximate surface area is 80.6 Å². The van der Waals surface area contributed by atoms with Crippen LogP contribution in [0.5, 0.6) is 0 Å². The van der Waals surface area contributed by atoms with Crippen LogP contribution >= 0.6 is 33.9 Å². The Kier molecular flexibility index (Phi) is 1.91. The van der Waals surface area contributed by atoms with Crippen LogP contribution in [0, 0.1) is 3.77 Å². The number of halogens is 1. The Morgan fingerprint density at radius 1 is 1.55 bits per heavy atom. The first-order valence-electron chi connectivity index (χ1n) is 2.87. The Morgan fingerprint density at radius 3 is 3.00 bits per heavy atom. The molecule has 2 heterocycles. The third-order valence-corrected chi connectivity index (χ3v) is 2.47. The van der Waals surface area contributed by atoms with Gasteiger partial charge in [-0.25, -0.2) is 0 Å². The molecule has 56 valence electrons. The minimum absolute atomic E-state index is 0.797. The van der Waals surface area contributed by atoms with Crippen molar-refractivity contribution >= 4 is 33.9 Å². The molecule has 0 N–H and O–H groups in total. The van der Waals surface area contributed by atoms with Crippen molar-refractivity contribution in [3.05, 3.63) is 21.5 Å². The molecule has 0 fully saturated rings. The molecule has 0 aliphatic carbocycles. The molecule has 0 aliphatic heterocycles. The zero-order valence-electron chi connectivity index (χ0n) is 5.32. The molecule has 2 aromatic heterocycles. The van der Waals surface area contributed by atoms with Gasteiger partial charge in [0.15, 0.2) is 3.77 Å². The van der Waals surface area contributed by atoms with Crippen LogP contribution in [0.3, 0.4) is 0 Å². The third kappa shape index (κ3) is 1.43. The van der Waals surface area contributed by atoms with E-state index in [0.717, 1.165) is 14.3 Å². The van der Waals surface area contributed by atoms with Gasteiger partial charge in [-0.3, -0.25) is 4.98 Å². The van der Waals surface area contributed by atoms with Crippen LogP contribution in [0.4, 0.5) is 0 Å². The topological polar surface area (TPSA) is 38.9 Å². The summed E-state index contributed by atoms with van der Waals surface area (Å²) in [5, 5.41) is 3.85. The molecule has 0 bridgehead atoms. The van der Waals surface area contributed by atoms with Gasteiger partial charge in [0.2, 0.25) is 0 Å². The highest BCUT2D eigenvalue weighted by Gasteiger charge is 2.04. The molecule has 5 heteroatoms. The Balaban J connectivity index is 2.45. The molecule has 3 nitrogen and oxygen atoms in total. The lowest BCUT2D eigenvalue weighted by Crippen LogP contribution is -1.66. The fraction of sp³-hybridized carbons (Fsp3) is 0. The van der Waals surface area contributed by atoms with Gasteiger partial charge >= 0.3 is 0 Å². The van der Waals surface area contributed by atoms with Crippen LogP contribution in [0.2, 0.25) is 0 Å². The highest BCUT2D eigenvalue weighted by molar-refractivity contribution is 14.1. The smallest absolute Gasteiger partial charge is 0.197 e. The van der Waals surface area contributed by atoms with E-state index in [4.69, 9.17) is 4.52 Å². The molecule has 0 saturated carbocycles. The number of rotatable bonds is 1.